The van der Waals surface area contributed by atoms with Gasteiger partial charge in [0.15, 0.2) is 0 Å². The highest BCUT2D eigenvalue weighted by Crippen LogP contribution is 2.16. The minimum absolute atomic E-state index is 0.0955. The van der Waals surface area contributed by atoms with E-state index in [4.69, 9.17) is 11.3 Å². The molecule has 2 rings (SSSR count). The molecule has 1 atom stereocenters. The lowest BCUT2D eigenvalue weighted by Crippen LogP contribution is -2.41. The van der Waals surface area contributed by atoms with Crippen molar-refractivity contribution in [2.75, 3.05) is 47.9 Å². The number of carbonyl (C=O) groups excluding carboxylic acids is 1. The standard InChI is InChI=1S/C13H19N4.C6H11NO2.C4H11N/c1-11-8-6-5-7-9-15-13(16-11)12(14-2)10-17(3)4;1-6(7-5-8)2-3-9-4-6;1-4-5(2)3/h2,7,9-10H,5-6,8H2,1,3-4H3;5H,2-4H2,1H3,(H,7,8);4H2,1-3H3/q+1;;/b9-7+,12-10-,15-13+,16-11?;;. The summed E-state index contributed by atoms with van der Waals surface area (Å²) in [6, 6.07) is 0. The third-order valence-electron chi connectivity index (χ3n) is 4.52. The lowest BCUT2D eigenvalue weighted by molar-refractivity contribution is -0.111. The van der Waals surface area contributed by atoms with Crippen LogP contribution in [-0.4, -0.2) is 81.2 Å². The van der Waals surface area contributed by atoms with E-state index in [9.17, 15) is 4.79 Å². The number of aliphatic imine (C=N–C) groups is 2. The number of rotatable bonds is 5. The molecule has 0 aromatic heterocycles. The molecule has 2 aliphatic heterocycles. The van der Waals surface area contributed by atoms with E-state index in [0.717, 1.165) is 51.0 Å². The lowest BCUT2D eigenvalue weighted by atomic mass is 10.0. The Balaban J connectivity index is 0.000000533. The smallest absolute Gasteiger partial charge is 0.379 e. The van der Waals surface area contributed by atoms with Crippen molar-refractivity contribution in [3.8, 4) is 6.57 Å². The van der Waals surface area contributed by atoms with Gasteiger partial charge in [-0.3, -0.25) is 4.79 Å². The van der Waals surface area contributed by atoms with E-state index in [0.29, 0.717) is 18.1 Å². The fourth-order valence-electron chi connectivity index (χ4n) is 2.38. The van der Waals surface area contributed by atoms with Gasteiger partial charge in [0.2, 0.25) is 12.2 Å². The molecule has 0 aromatic carbocycles. The molecule has 1 amide bonds. The largest absolute Gasteiger partial charge is 0.399 e. The molecule has 31 heavy (non-hydrogen) atoms. The van der Waals surface area contributed by atoms with Crippen molar-refractivity contribution >= 4 is 18.0 Å². The highest BCUT2D eigenvalue weighted by Gasteiger charge is 2.28. The Morgan fingerprint density at radius 2 is 2.06 bits per heavy atom. The number of nitrogens with one attached hydrogen (secondary N) is 1. The van der Waals surface area contributed by atoms with Crippen LogP contribution >= 0.6 is 0 Å². The fraction of sp³-hybridized carbons (Fsp3) is 0.652. The SMILES string of the molecule is C#[N+]C(=C\N(C)C)/C1=N\C=C\CCCC(C)=N1.CC1(NC=O)CCOC1.CCN(C)C. The summed E-state index contributed by atoms with van der Waals surface area (Å²) in [5.41, 5.74) is 1.54. The molecule has 1 unspecified atom stereocenters. The second-order valence-electron chi connectivity index (χ2n) is 8.21. The van der Waals surface area contributed by atoms with Gasteiger partial charge in [-0.15, -0.1) is 0 Å². The molecule has 0 bridgehead atoms. The third-order valence-corrected chi connectivity index (χ3v) is 4.52. The molecule has 8 nitrogen and oxygen atoms in total. The quantitative estimate of drug-likeness (QED) is 0.675. The Morgan fingerprint density at radius 1 is 1.39 bits per heavy atom. The Kier molecular flexibility index (Phi) is 14.9. The predicted octanol–water partition coefficient (Wildman–Crippen LogP) is 3.39. The molecule has 2 aliphatic rings. The number of allylic oxidation sites excluding steroid dienone is 1. The molecule has 174 valence electrons. The summed E-state index contributed by atoms with van der Waals surface area (Å²) in [7, 11) is 7.93. The Morgan fingerprint density at radius 3 is 2.55 bits per heavy atom. The fourth-order valence-corrected chi connectivity index (χ4v) is 2.38. The highest BCUT2D eigenvalue weighted by atomic mass is 16.5. The molecular weight excluding hydrogens is 392 g/mol. The molecule has 0 saturated carbocycles. The van der Waals surface area contributed by atoms with Crippen LogP contribution in [0.3, 0.4) is 0 Å². The van der Waals surface area contributed by atoms with Crippen LogP contribution in [0.25, 0.3) is 4.85 Å². The number of ether oxygens (including phenoxy) is 1. The number of nitrogens with zero attached hydrogens (tertiary/aromatic N) is 5. The van der Waals surface area contributed by atoms with Gasteiger partial charge in [-0.2, -0.15) is 0 Å². The van der Waals surface area contributed by atoms with Crippen molar-refractivity contribution in [3.63, 3.8) is 0 Å². The summed E-state index contributed by atoms with van der Waals surface area (Å²) in [6.45, 7) is 14.0. The maximum Gasteiger partial charge on any atom is 0.399 e. The van der Waals surface area contributed by atoms with E-state index in [1.807, 2.05) is 38.9 Å². The van der Waals surface area contributed by atoms with Crippen LogP contribution in [0.2, 0.25) is 0 Å². The van der Waals surface area contributed by atoms with Gasteiger partial charge in [-0.1, -0.05) is 13.0 Å². The normalized spacial score (nSPS) is 23.6. The molecule has 0 radical (unpaired) electrons. The number of amides is 1. The second-order valence-corrected chi connectivity index (χ2v) is 8.21. The number of carbonyl (C=O) groups is 1. The second kappa shape index (κ2) is 16.2. The topological polar surface area (TPSA) is 73.9 Å². The molecule has 1 N–H and O–H groups in total. The first-order valence-electron chi connectivity index (χ1n) is 10.7. The van der Waals surface area contributed by atoms with E-state index in [-0.39, 0.29) is 5.54 Å². The van der Waals surface area contributed by atoms with Gasteiger partial charge in [0.25, 0.3) is 6.57 Å². The lowest BCUT2D eigenvalue weighted by Gasteiger charge is -2.19. The van der Waals surface area contributed by atoms with Crippen LogP contribution in [-0.2, 0) is 9.53 Å². The monoisotopic (exact) mass is 433 g/mol. The van der Waals surface area contributed by atoms with Crippen LogP contribution in [0, 0.1) is 6.57 Å². The van der Waals surface area contributed by atoms with Gasteiger partial charge >= 0.3 is 5.70 Å². The predicted molar refractivity (Wildman–Crippen MR) is 131 cm³/mol. The maximum atomic E-state index is 10.00. The van der Waals surface area contributed by atoms with Crippen LogP contribution in [0.5, 0.6) is 0 Å². The van der Waals surface area contributed by atoms with E-state index < -0.39 is 0 Å². The van der Waals surface area contributed by atoms with Crippen molar-refractivity contribution in [2.24, 2.45) is 9.98 Å². The Bertz CT molecular complexity index is 681. The van der Waals surface area contributed by atoms with Crippen molar-refractivity contribution < 1.29 is 9.53 Å². The minimum Gasteiger partial charge on any atom is -0.379 e. The molecule has 1 fully saturated rings. The molecule has 0 aromatic rings. The first-order chi connectivity index (χ1) is 14.7. The number of hydrogen-bond acceptors (Lipinski definition) is 6. The highest BCUT2D eigenvalue weighted by molar-refractivity contribution is 6.07. The summed E-state index contributed by atoms with van der Waals surface area (Å²) >= 11 is 0. The van der Waals surface area contributed by atoms with Crippen LogP contribution in [0.4, 0.5) is 0 Å². The van der Waals surface area contributed by atoms with E-state index >= 15 is 0 Å². The van der Waals surface area contributed by atoms with Crippen LogP contribution in [0.1, 0.15) is 46.5 Å². The summed E-state index contributed by atoms with van der Waals surface area (Å²) in [4.78, 5) is 26.5. The zero-order valence-electron chi connectivity index (χ0n) is 20.4. The van der Waals surface area contributed by atoms with Crippen LogP contribution < -0.4 is 5.32 Å². The molecule has 2 heterocycles. The maximum absolute atomic E-state index is 10.00. The first kappa shape index (κ1) is 28.5. The summed E-state index contributed by atoms with van der Waals surface area (Å²) in [5.74, 6) is 0.567. The first-order valence-corrected chi connectivity index (χ1v) is 10.7. The van der Waals surface area contributed by atoms with Crippen molar-refractivity contribution in [1.82, 2.24) is 15.1 Å². The third kappa shape index (κ3) is 14.2. The van der Waals surface area contributed by atoms with Gasteiger partial charge in [0, 0.05) is 32.6 Å². The number of hydrogen-bond donors (Lipinski definition) is 1. The van der Waals surface area contributed by atoms with Gasteiger partial charge < -0.3 is 19.9 Å². The van der Waals surface area contributed by atoms with Crippen LogP contribution in [0.15, 0.2) is 34.2 Å². The average Bonchev–Trinajstić information content (AvgIpc) is 3.18. The summed E-state index contributed by atoms with van der Waals surface area (Å²) < 4.78 is 5.09. The average molecular weight is 434 g/mol. The van der Waals surface area contributed by atoms with Gasteiger partial charge in [-0.05, 0) is 65.0 Å². The molecule has 0 aliphatic carbocycles. The zero-order valence-corrected chi connectivity index (χ0v) is 20.4. The van der Waals surface area contributed by atoms with E-state index in [1.165, 1.54) is 0 Å². The van der Waals surface area contributed by atoms with Gasteiger partial charge in [0.1, 0.15) is 0 Å². The molecule has 1 saturated heterocycles. The summed E-state index contributed by atoms with van der Waals surface area (Å²) in [6.07, 6.45) is 10.4. The van der Waals surface area contributed by atoms with Crippen molar-refractivity contribution in [1.29, 1.82) is 0 Å². The van der Waals surface area contributed by atoms with Gasteiger partial charge in [0.05, 0.1) is 18.3 Å². The number of amidine groups is 1. The van der Waals surface area contributed by atoms with Crippen molar-refractivity contribution in [2.45, 2.75) is 52.0 Å². The van der Waals surface area contributed by atoms with Crippen molar-refractivity contribution in [3.05, 3.63) is 29.0 Å². The zero-order chi connectivity index (χ0) is 23.7. The Hall–Kier alpha value is -2.50. The molecule has 8 heteroatoms. The van der Waals surface area contributed by atoms with E-state index in [1.54, 1.807) is 12.4 Å². The van der Waals surface area contributed by atoms with E-state index in [2.05, 4.69) is 46.1 Å². The molecular formula is C23H41N6O2+. The molecule has 0 spiro atoms. The van der Waals surface area contributed by atoms with Gasteiger partial charge in [-0.25, -0.2) is 9.98 Å². The summed E-state index contributed by atoms with van der Waals surface area (Å²) in [5, 5.41) is 2.72. The Labute approximate surface area is 188 Å². The minimum atomic E-state index is -0.0955.